The zero-order valence-corrected chi connectivity index (χ0v) is 11.1. The largest absolute Gasteiger partial charge is 0.396 e. The van der Waals surface area contributed by atoms with Crippen molar-refractivity contribution in [1.29, 1.82) is 0 Å². The second kappa shape index (κ2) is 13.8. The molecule has 0 bridgehead atoms. The lowest BCUT2D eigenvalue weighted by atomic mass is 10.2. The van der Waals surface area contributed by atoms with Crippen molar-refractivity contribution in [2.75, 3.05) is 11.9 Å². The Bertz CT molecular complexity index is 200. The second-order valence-corrected chi connectivity index (χ2v) is 4.14. The summed E-state index contributed by atoms with van der Waals surface area (Å²) < 4.78 is 0. The van der Waals surface area contributed by atoms with Gasteiger partial charge in [0.15, 0.2) is 0 Å². The van der Waals surface area contributed by atoms with Gasteiger partial charge in [0.05, 0.1) is 5.34 Å². The van der Waals surface area contributed by atoms with Crippen molar-refractivity contribution in [2.24, 2.45) is 5.92 Å². The molecule has 0 heterocycles. The summed E-state index contributed by atoms with van der Waals surface area (Å²) in [5.41, 5.74) is 1.32. The van der Waals surface area contributed by atoms with Crippen LogP contribution in [0.25, 0.3) is 0 Å². The Labute approximate surface area is 103 Å². The topological polar surface area (TPSA) is 20.2 Å². The maximum Gasteiger partial charge on any atom is 0.0967 e. The molecule has 0 aliphatic carbocycles. The van der Waals surface area contributed by atoms with E-state index in [1.165, 1.54) is 5.56 Å². The molecule has 0 saturated carbocycles. The molecule has 0 amide bonds. The molecular weight excluding hydrogens is 231 g/mol. The minimum atomic E-state index is 0.194. The second-order valence-electron chi connectivity index (χ2n) is 3.33. The van der Waals surface area contributed by atoms with Crippen LogP contribution in [0.2, 0.25) is 0 Å². The molecule has 0 aliphatic rings. The van der Waals surface area contributed by atoms with Crippen LogP contribution in [0.1, 0.15) is 19.4 Å². The van der Waals surface area contributed by atoms with Gasteiger partial charge in [0.1, 0.15) is 0 Å². The molecule has 0 atom stereocenters. The number of halogens is 2. The third-order valence-corrected chi connectivity index (χ3v) is 1.31. The summed E-state index contributed by atoms with van der Waals surface area (Å²) in [6, 6.07) is 10.3. The van der Waals surface area contributed by atoms with E-state index in [1.54, 1.807) is 0 Å². The van der Waals surface area contributed by atoms with Crippen molar-refractivity contribution < 1.29 is 5.11 Å². The van der Waals surface area contributed by atoms with Crippen LogP contribution in [-0.2, 0) is 0 Å². The smallest absolute Gasteiger partial charge is 0.0967 e. The van der Waals surface area contributed by atoms with Crippen LogP contribution in [0.3, 0.4) is 0 Å². The van der Waals surface area contributed by atoms with Gasteiger partial charge in [0.2, 0.25) is 0 Å². The molecule has 0 aliphatic heterocycles. The molecule has 1 aromatic carbocycles. The number of aryl methyl sites for hydroxylation is 1. The summed E-state index contributed by atoms with van der Waals surface area (Å²) >= 11 is 9.53. The van der Waals surface area contributed by atoms with Crippen LogP contribution >= 0.6 is 23.2 Å². The first kappa shape index (κ1) is 17.2. The van der Waals surface area contributed by atoms with Crippen LogP contribution in [0.4, 0.5) is 0 Å². The number of hydrogen-bond donors (Lipinski definition) is 1. The highest BCUT2D eigenvalue weighted by Gasteiger charge is 1.81. The number of rotatable bonds is 1. The fraction of sp³-hybridized carbons (Fsp3) is 0.500. The maximum atomic E-state index is 8.14. The van der Waals surface area contributed by atoms with Crippen LogP contribution in [0.5, 0.6) is 0 Å². The molecule has 0 fully saturated rings. The average molecular weight is 251 g/mol. The highest BCUT2D eigenvalue weighted by atomic mass is 35.5. The molecule has 15 heavy (non-hydrogen) atoms. The molecule has 1 rings (SSSR count). The Hall–Kier alpha value is -0.240. The lowest BCUT2D eigenvalue weighted by Gasteiger charge is -1.90. The van der Waals surface area contributed by atoms with Gasteiger partial charge in [-0.3, -0.25) is 0 Å². The van der Waals surface area contributed by atoms with Gasteiger partial charge in [0.25, 0.3) is 0 Å². The Kier molecular flexibility index (Phi) is 15.7. The van der Waals surface area contributed by atoms with Crippen molar-refractivity contribution in [2.45, 2.75) is 20.8 Å². The van der Waals surface area contributed by atoms with E-state index in [0.717, 1.165) is 0 Å². The molecule has 0 aromatic heterocycles. The molecular formula is C12H20Cl2O. The van der Waals surface area contributed by atoms with Crippen molar-refractivity contribution in [3.8, 4) is 0 Å². The lowest BCUT2D eigenvalue weighted by molar-refractivity contribution is 0.248. The standard InChI is InChI=1S/C7H8.C4H10O.CH2Cl2/c1-7-5-3-2-4-6-7;1-4(2)3-5;2-1-3/h2-6H,1H3;4-5H,3H2,1-2H3;1H2. The Balaban J connectivity index is 0. The summed E-state index contributed by atoms with van der Waals surface area (Å²) in [4.78, 5) is 0. The minimum Gasteiger partial charge on any atom is -0.396 e. The van der Waals surface area contributed by atoms with Crippen molar-refractivity contribution in [1.82, 2.24) is 0 Å². The quantitative estimate of drug-likeness (QED) is 0.746. The summed E-state index contributed by atoms with van der Waals surface area (Å²) in [5.74, 6) is 0.440. The van der Waals surface area contributed by atoms with E-state index in [-0.39, 0.29) is 5.34 Å². The molecule has 0 saturated heterocycles. The van der Waals surface area contributed by atoms with Gasteiger partial charge >= 0.3 is 0 Å². The van der Waals surface area contributed by atoms with Crippen molar-refractivity contribution in [3.63, 3.8) is 0 Å². The van der Waals surface area contributed by atoms with E-state index in [2.05, 4.69) is 19.1 Å². The Morgan fingerprint density at radius 1 is 1.13 bits per heavy atom. The van der Waals surface area contributed by atoms with Crippen LogP contribution < -0.4 is 0 Å². The van der Waals surface area contributed by atoms with E-state index in [4.69, 9.17) is 28.3 Å². The number of benzene rings is 1. The SMILES string of the molecule is CC(C)CO.Cc1ccccc1.ClCCl. The summed E-state index contributed by atoms with van der Waals surface area (Å²) in [6.45, 7) is 6.33. The first-order chi connectivity index (χ1) is 7.08. The molecule has 1 nitrogen and oxygen atoms in total. The van der Waals surface area contributed by atoms with Gasteiger partial charge in [-0.25, -0.2) is 0 Å². The van der Waals surface area contributed by atoms with Gasteiger partial charge in [0, 0.05) is 6.61 Å². The maximum absolute atomic E-state index is 8.14. The normalized spacial score (nSPS) is 8.47. The van der Waals surface area contributed by atoms with E-state index < -0.39 is 0 Å². The summed E-state index contributed by atoms with van der Waals surface area (Å²) in [7, 11) is 0. The van der Waals surface area contributed by atoms with Gasteiger partial charge in [-0.05, 0) is 12.8 Å². The van der Waals surface area contributed by atoms with E-state index >= 15 is 0 Å². The van der Waals surface area contributed by atoms with Crippen molar-refractivity contribution in [3.05, 3.63) is 35.9 Å². The number of aliphatic hydroxyl groups excluding tert-OH is 1. The molecule has 1 N–H and O–H groups in total. The van der Waals surface area contributed by atoms with Gasteiger partial charge in [-0.1, -0.05) is 49.7 Å². The molecule has 1 aromatic rings. The molecule has 3 heteroatoms. The Morgan fingerprint density at radius 2 is 1.47 bits per heavy atom. The molecule has 88 valence electrons. The highest BCUT2D eigenvalue weighted by molar-refractivity contribution is 6.40. The average Bonchev–Trinajstić information content (AvgIpc) is 2.21. The summed E-state index contributed by atoms with van der Waals surface area (Å²) in [5, 5.41) is 8.34. The van der Waals surface area contributed by atoms with Crippen molar-refractivity contribution >= 4 is 23.2 Å². The predicted molar refractivity (Wildman–Crippen MR) is 69.7 cm³/mol. The third-order valence-electron chi connectivity index (χ3n) is 1.31. The van der Waals surface area contributed by atoms with E-state index in [9.17, 15) is 0 Å². The molecule has 0 spiro atoms. The summed E-state index contributed by atoms with van der Waals surface area (Å²) in [6.07, 6.45) is 0. The van der Waals surface area contributed by atoms with Gasteiger partial charge in [-0.2, -0.15) is 0 Å². The molecule has 0 radical (unpaired) electrons. The van der Waals surface area contributed by atoms with Gasteiger partial charge in [-0.15, -0.1) is 23.2 Å². The number of aliphatic hydroxyl groups is 1. The predicted octanol–water partition coefficient (Wildman–Crippen LogP) is 4.05. The third kappa shape index (κ3) is 20.0. The number of alkyl halides is 2. The van der Waals surface area contributed by atoms with Crippen LogP contribution in [0.15, 0.2) is 30.3 Å². The fourth-order valence-corrected chi connectivity index (χ4v) is 0.534. The first-order valence-electron chi connectivity index (χ1n) is 4.82. The highest BCUT2D eigenvalue weighted by Crippen LogP contribution is 1.92. The first-order valence-corrected chi connectivity index (χ1v) is 5.89. The monoisotopic (exact) mass is 250 g/mol. The molecule has 0 unspecified atom stereocenters. The Morgan fingerprint density at radius 3 is 1.60 bits per heavy atom. The van der Waals surface area contributed by atoms with E-state index in [0.29, 0.717) is 12.5 Å². The fourth-order valence-electron chi connectivity index (χ4n) is 0.534. The number of hydrogen-bond acceptors (Lipinski definition) is 1. The zero-order chi connectivity index (χ0) is 12.1. The van der Waals surface area contributed by atoms with Gasteiger partial charge < -0.3 is 5.11 Å². The van der Waals surface area contributed by atoms with E-state index in [1.807, 2.05) is 32.0 Å². The van der Waals surface area contributed by atoms with Crippen LogP contribution in [0, 0.1) is 12.8 Å². The zero-order valence-electron chi connectivity index (χ0n) is 9.58. The van der Waals surface area contributed by atoms with Crippen LogP contribution in [-0.4, -0.2) is 17.1 Å². The minimum absolute atomic E-state index is 0.194. The lowest BCUT2D eigenvalue weighted by Crippen LogP contribution is -1.90.